The third-order valence-corrected chi connectivity index (χ3v) is 11.2. The van der Waals surface area contributed by atoms with Gasteiger partial charge >= 0.3 is 0 Å². The molecule has 3 aliphatic rings. The molecule has 0 spiro atoms. The Kier molecular flexibility index (Phi) is 9.78. The number of nitrogens with zero attached hydrogens (tertiary/aromatic N) is 3. The standard InChI is InChI=1S/C42H53N5S/c1-7-25-45-36-18-11-9-16-33(36)41(3,4)38(45)22-20-30-14-13-15-31(40(30)47(44)28-35(43)32-24-27-48-29-32)21-23-39-42(5,6)34-17-10-12-19-37(34)46(39)26-8-2/h9-12,16-24,27-29,38H,7-8,13-15,25-26,43-44H2,1-6H3/b22-20+,31-21+,35-28-,39-23+. The first-order valence-electron chi connectivity index (χ1n) is 17.7. The van der Waals surface area contributed by atoms with Gasteiger partial charge in [0, 0.05) is 58.1 Å². The number of thiophene rings is 1. The van der Waals surface area contributed by atoms with E-state index in [2.05, 4.69) is 135 Å². The van der Waals surface area contributed by atoms with Crippen molar-refractivity contribution in [2.24, 2.45) is 11.6 Å². The summed E-state index contributed by atoms with van der Waals surface area (Å²) in [5.74, 6) is 7.00. The van der Waals surface area contributed by atoms with Crippen LogP contribution >= 0.6 is 11.3 Å². The maximum atomic E-state index is 7.00. The predicted molar refractivity (Wildman–Crippen MR) is 207 cm³/mol. The molecular formula is C42H53N5S. The van der Waals surface area contributed by atoms with Crippen LogP contribution in [0.15, 0.2) is 118 Å². The topological polar surface area (TPSA) is 61.8 Å². The van der Waals surface area contributed by atoms with E-state index in [0.717, 1.165) is 56.5 Å². The number of benzene rings is 2. The summed E-state index contributed by atoms with van der Waals surface area (Å²) in [7, 11) is 0. The van der Waals surface area contributed by atoms with Crippen LogP contribution in [0, 0.1) is 0 Å². The van der Waals surface area contributed by atoms with E-state index in [1.54, 1.807) is 16.3 Å². The lowest BCUT2D eigenvalue weighted by Crippen LogP contribution is -2.40. The number of allylic oxidation sites excluding steroid dienone is 6. The highest BCUT2D eigenvalue weighted by molar-refractivity contribution is 7.08. The van der Waals surface area contributed by atoms with Gasteiger partial charge in [0.25, 0.3) is 0 Å². The Morgan fingerprint density at radius 3 is 2.33 bits per heavy atom. The summed E-state index contributed by atoms with van der Waals surface area (Å²) in [6, 6.07) is 20.1. The van der Waals surface area contributed by atoms with Crippen LogP contribution in [-0.2, 0) is 10.8 Å². The average Bonchev–Trinajstić information content (AvgIpc) is 3.74. The van der Waals surface area contributed by atoms with E-state index in [1.807, 2.05) is 12.3 Å². The first kappa shape index (κ1) is 33.9. The summed E-state index contributed by atoms with van der Waals surface area (Å²) < 4.78 is 0. The maximum Gasteiger partial charge on any atom is 0.0632 e. The molecular weight excluding hydrogens is 607 g/mol. The monoisotopic (exact) mass is 659 g/mol. The van der Waals surface area contributed by atoms with E-state index in [0.29, 0.717) is 5.70 Å². The summed E-state index contributed by atoms with van der Waals surface area (Å²) >= 11 is 1.64. The normalized spacial score (nSPS) is 21.9. The summed E-state index contributed by atoms with van der Waals surface area (Å²) in [5.41, 5.74) is 18.5. The van der Waals surface area contributed by atoms with Crippen molar-refractivity contribution in [2.45, 2.75) is 90.5 Å². The summed E-state index contributed by atoms with van der Waals surface area (Å²) in [6.07, 6.45) is 16.6. The highest BCUT2D eigenvalue weighted by atomic mass is 32.1. The van der Waals surface area contributed by atoms with Crippen LogP contribution in [0.4, 0.5) is 11.4 Å². The molecule has 6 rings (SSSR count). The number of anilines is 2. The molecule has 0 saturated carbocycles. The molecule has 1 aromatic heterocycles. The number of hydrogen-bond donors (Lipinski definition) is 2. The Bertz CT molecular complexity index is 1770. The molecule has 1 atom stereocenters. The number of rotatable bonds is 10. The molecule has 1 aliphatic carbocycles. The second-order valence-electron chi connectivity index (χ2n) is 14.5. The minimum atomic E-state index is -0.0957. The molecule has 0 amide bonds. The number of hydrogen-bond acceptors (Lipinski definition) is 6. The summed E-state index contributed by atoms with van der Waals surface area (Å²) in [4.78, 5) is 5.10. The highest BCUT2D eigenvalue weighted by Gasteiger charge is 2.43. The molecule has 2 aliphatic heterocycles. The molecule has 48 heavy (non-hydrogen) atoms. The lowest BCUT2D eigenvalue weighted by Gasteiger charge is -2.33. The van der Waals surface area contributed by atoms with Crippen molar-refractivity contribution in [2.75, 3.05) is 22.9 Å². The fraction of sp³-hybridized carbons (Fsp3) is 0.381. The van der Waals surface area contributed by atoms with Crippen molar-refractivity contribution in [3.05, 3.63) is 135 Å². The maximum absolute atomic E-state index is 7.00. The van der Waals surface area contributed by atoms with Gasteiger partial charge in [-0.05, 0) is 84.0 Å². The Morgan fingerprint density at radius 1 is 0.917 bits per heavy atom. The highest BCUT2D eigenvalue weighted by Crippen LogP contribution is 2.48. The minimum Gasteiger partial charge on any atom is -0.397 e. The number of hydrazine groups is 1. The van der Waals surface area contributed by atoms with Gasteiger partial charge in [-0.1, -0.05) is 96.2 Å². The van der Waals surface area contributed by atoms with Crippen LogP contribution in [0.25, 0.3) is 5.70 Å². The van der Waals surface area contributed by atoms with Gasteiger partial charge in [0.05, 0.1) is 17.4 Å². The number of nitrogens with two attached hydrogens (primary N) is 2. The fourth-order valence-electron chi connectivity index (χ4n) is 8.09. The summed E-state index contributed by atoms with van der Waals surface area (Å²) in [5, 5.41) is 5.91. The zero-order chi connectivity index (χ0) is 34.1. The van der Waals surface area contributed by atoms with Crippen LogP contribution in [-0.4, -0.2) is 24.1 Å². The predicted octanol–water partition coefficient (Wildman–Crippen LogP) is 9.77. The first-order valence-corrected chi connectivity index (χ1v) is 18.6. The van der Waals surface area contributed by atoms with Crippen molar-refractivity contribution >= 4 is 28.4 Å². The van der Waals surface area contributed by atoms with Crippen molar-refractivity contribution < 1.29 is 0 Å². The van der Waals surface area contributed by atoms with Crippen LogP contribution in [0.2, 0.25) is 0 Å². The van der Waals surface area contributed by atoms with E-state index in [9.17, 15) is 0 Å². The van der Waals surface area contributed by atoms with Gasteiger partial charge in [0.1, 0.15) is 0 Å². The van der Waals surface area contributed by atoms with Gasteiger partial charge in [0.2, 0.25) is 0 Å². The third-order valence-electron chi connectivity index (χ3n) is 10.5. The van der Waals surface area contributed by atoms with E-state index < -0.39 is 0 Å². The van der Waals surface area contributed by atoms with Crippen molar-refractivity contribution in [3.63, 3.8) is 0 Å². The van der Waals surface area contributed by atoms with E-state index >= 15 is 0 Å². The zero-order valence-corrected chi connectivity index (χ0v) is 30.5. The molecule has 0 radical (unpaired) electrons. The quantitative estimate of drug-likeness (QED) is 0.168. The molecule has 2 aromatic carbocycles. The summed E-state index contributed by atoms with van der Waals surface area (Å²) in [6.45, 7) is 16.0. The van der Waals surface area contributed by atoms with Crippen LogP contribution in [0.3, 0.4) is 0 Å². The van der Waals surface area contributed by atoms with Crippen molar-refractivity contribution in [3.8, 4) is 0 Å². The van der Waals surface area contributed by atoms with E-state index in [4.69, 9.17) is 11.6 Å². The zero-order valence-electron chi connectivity index (χ0n) is 29.7. The lowest BCUT2D eigenvalue weighted by atomic mass is 9.80. The molecule has 6 heteroatoms. The van der Waals surface area contributed by atoms with Gasteiger partial charge < -0.3 is 15.5 Å². The molecule has 5 nitrogen and oxygen atoms in total. The third kappa shape index (κ3) is 6.17. The van der Waals surface area contributed by atoms with Gasteiger partial charge in [0.15, 0.2) is 0 Å². The molecule has 1 unspecified atom stereocenters. The Balaban J connectivity index is 1.44. The smallest absolute Gasteiger partial charge is 0.0632 e. The second kappa shape index (κ2) is 13.9. The Hall–Kier alpha value is -4.00. The second-order valence-corrected chi connectivity index (χ2v) is 15.3. The van der Waals surface area contributed by atoms with Gasteiger partial charge in [-0.2, -0.15) is 11.3 Å². The molecule has 252 valence electrons. The largest absolute Gasteiger partial charge is 0.397 e. The molecule has 0 saturated heterocycles. The van der Waals surface area contributed by atoms with Crippen molar-refractivity contribution in [1.82, 2.24) is 5.01 Å². The molecule has 0 bridgehead atoms. The van der Waals surface area contributed by atoms with Gasteiger partial charge in [-0.15, -0.1) is 0 Å². The van der Waals surface area contributed by atoms with Crippen molar-refractivity contribution in [1.29, 1.82) is 0 Å². The minimum absolute atomic E-state index is 0.0157. The number of para-hydroxylation sites is 2. The van der Waals surface area contributed by atoms with E-state index in [1.165, 1.54) is 39.3 Å². The Labute approximate surface area is 292 Å². The Morgan fingerprint density at radius 2 is 1.62 bits per heavy atom. The fourth-order valence-corrected chi connectivity index (χ4v) is 8.76. The van der Waals surface area contributed by atoms with Crippen LogP contribution < -0.4 is 21.4 Å². The number of fused-ring (bicyclic) bond motifs is 2. The van der Waals surface area contributed by atoms with Gasteiger partial charge in [-0.3, -0.25) is 5.01 Å². The first-order chi connectivity index (χ1) is 23.1. The molecule has 0 fully saturated rings. The molecule has 3 heterocycles. The molecule has 3 aromatic rings. The molecule has 4 N–H and O–H groups in total. The SMILES string of the molecule is CCCN1/C(=C/C=C2\CCCC(/C=C/C3N(CCC)c4ccccc4C3(C)C)=C2N(N)/C=C(\N)c2ccsc2)C(C)(C)c2ccccc21. The van der Waals surface area contributed by atoms with Gasteiger partial charge in [-0.25, -0.2) is 5.84 Å². The van der Waals surface area contributed by atoms with Crippen LogP contribution in [0.1, 0.15) is 90.3 Å². The lowest BCUT2D eigenvalue weighted by molar-refractivity contribution is 0.470. The van der Waals surface area contributed by atoms with E-state index in [-0.39, 0.29) is 16.9 Å². The van der Waals surface area contributed by atoms with Crippen LogP contribution in [0.5, 0.6) is 0 Å². The average molecular weight is 660 g/mol.